The van der Waals surface area contributed by atoms with Crippen molar-refractivity contribution in [3.63, 3.8) is 0 Å². The number of piperidine rings is 1. The Morgan fingerprint density at radius 2 is 1.90 bits per heavy atom. The third-order valence-corrected chi connectivity index (χ3v) is 6.46. The van der Waals surface area contributed by atoms with Crippen LogP contribution in [0.4, 0.5) is 0 Å². The number of hydrogen-bond donors (Lipinski definition) is 0. The number of carbonyl (C=O) groups excluding carboxylic acids is 1. The highest BCUT2D eigenvalue weighted by Gasteiger charge is 2.29. The van der Waals surface area contributed by atoms with E-state index in [1.165, 1.54) is 4.68 Å². The van der Waals surface area contributed by atoms with Crippen molar-refractivity contribution in [2.24, 2.45) is 5.92 Å². The highest BCUT2D eigenvalue weighted by atomic mass is 16.5. The molecule has 1 aromatic carbocycles. The molecule has 2 fully saturated rings. The van der Waals surface area contributed by atoms with Gasteiger partial charge in [-0.15, -0.1) is 0 Å². The minimum atomic E-state index is -0.204. The van der Waals surface area contributed by atoms with E-state index in [1.807, 2.05) is 52.2 Å². The molecule has 4 aliphatic heterocycles. The number of hydrogen-bond acceptors (Lipinski definition) is 4. The second kappa shape index (κ2) is 8.30. The molecule has 4 heterocycles. The Bertz CT molecular complexity index is 1090. The molecule has 5 rings (SSSR count). The second-order valence-corrected chi connectivity index (χ2v) is 8.79. The summed E-state index contributed by atoms with van der Waals surface area (Å²) in [7, 11) is 0. The van der Waals surface area contributed by atoms with Crippen LogP contribution in [-0.2, 0) is 11.3 Å². The van der Waals surface area contributed by atoms with Crippen LogP contribution < -0.4 is 5.56 Å². The van der Waals surface area contributed by atoms with Crippen LogP contribution in [0.15, 0.2) is 47.5 Å². The number of ether oxygens (including phenoxy) is 1. The van der Waals surface area contributed by atoms with Gasteiger partial charge in [0.1, 0.15) is 5.69 Å². The van der Waals surface area contributed by atoms with E-state index in [2.05, 4.69) is 12.0 Å². The lowest BCUT2D eigenvalue weighted by Gasteiger charge is -2.30. The summed E-state index contributed by atoms with van der Waals surface area (Å²) in [6.45, 7) is 5.11. The quantitative estimate of drug-likeness (QED) is 0.650. The Kier molecular flexibility index (Phi) is 5.36. The number of amides is 1. The van der Waals surface area contributed by atoms with Gasteiger partial charge in [-0.3, -0.25) is 9.59 Å². The predicted octanol–water partition coefficient (Wildman–Crippen LogP) is 3.19. The lowest BCUT2D eigenvalue weighted by atomic mass is 9.98. The van der Waals surface area contributed by atoms with E-state index in [0.717, 1.165) is 45.4 Å². The summed E-state index contributed by atoms with van der Waals surface area (Å²) in [5.74, 6) is 0.589. The summed E-state index contributed by atoms with van der Waals surface area (Å²) in [5.41, 5.74) is 1.93. The fraction of sp³-hybridized carbons (Fsp3) is 0.458. The molecule has 31 heavy (non-hydrogen) atoms. The third-order valence-electron chi connectivity index (χ3n) is 6.46. The topological polar surface area (TPSA) is 69.4 Å². The van der Waals surface area contributed by atoms with Crippen molar-refractivity contribution < 1.29 is 9.53 Å². The Morgan fingerprint density at radius 3 is 2.61 bits per heavy atom. The van der Waals surface area contributed by atoms with E-state index in [9.17, 15) is 9.59 Å². The van der Waals surface area contributed by atoms with Crippen LogP contribution in [0.1, 0.15) is 43.0 Å². The molecule has 0 bridgehead atoms. The molecule has 2 saturated heterocycles. The molecule has 4 aliphatic rings. The van der Waals surface area contributed by atoms with Crippen molar-refractivity contribution in [2.45, 2.75) is 45.3 Å². The van der Waals surface area contributed by atoms with Crippen molar-refractivity contribution in [3.8, 4) is 16.9 Å². The van der Waals surface area contributed by atoms with Crippen molar-refractivity contribution in [1.82, 2.24) is 19.2 Å². The first-order valence-corrected chi connectivity index (χ1v) is 11.2. The van der Waals surface area contributed by atoms with E-state index in [-0.39, 0.29) is 17.6 Å². The van der Waals surface area contributed by atoms with E-state index >= 15 is 0 Å². The molecule has 0 aliphatic carbocycles. The van der Waals surface area contributed by atoms with Crippen molar-refractivity contribution in [3.05, 3.63) is 58.6 Å². The fourth-order valence-electron chi connectivity index (χ4n) is 4.57. The molecule has 0 radical (unpaired) electrons. The minimum Gasteiger partial charge on any atom is -0.376 e. The Hall–Kier alpha value is -2.93. The van der Waals surface area contributed by atoms with Crippen molar-refractivity contribution >= 4 is 5.91 Å². The van der Waals surface area contributed by atoms with E-state index in [4.69, 9.17) is 4.74 Å². The SMILES string of the molecule is CC1CCN(C(=O)c2cn(CC3CCCO3)cc3c(=O)n(-c4ccccc4)nc2-3)CC1. The van der Waals surface area contributed by atoms with Gasteiger partial charge in [0.25, 0.3) is 11.5 Å². The van der Waals surface area contributed by atoms with Gasteiger partial charge in [-0.1, -0.05) is 25.1 Å². The molecule has 0 N–H and O–H groups in total. The number of aromatic nitrogens is 3. The number of likely N-dealkylation sites (tertiary alicyclic amines) is 1. The van der Waals surface area contributed by atoms with Gasteiger partial charge in [-0.25, -0.2) is 0 Å². The van der Waals surface area contributed by atoms with E-state index in [1.54, 1.807) is 0 Å². The zero-order valence-corrected chi connectivity index (χ0v) is 17.9. The Labute approximate surface area is 181 Å². The van der Waals surface area contributed by atoms with Gasteiger partial charge < -0.3 is 14.2 Å². The van der Waals surface area contributed by atoms with Crippen LogP contribution in [-0.4, -0.2) is 51.0 Å². The lowest BCUT2D eigenvalue weighted by Crippen LogP contribution is -2.38. The summed E-state index contributed by atoms with van der Waals surface area (Å²) in [4.78, 5) is 28.6. The zero-order valence-electron chi connectivity index (χ0n) is 17.9. The Morgan fingerprint density at radius 1 is 1.13 bits per heavy atom. The molecule has 7 heteroatoms. The number of para-hydroxylation sites is 1. The summed E-state index contributed by atoms with van der Waals surface area (Å²) in [6, 6.07) is 9.35. The lowest BCUT2D eigenvalue weighted by molar-refractivity contribution is 0.0694. The summed E-state index contributed by atoms with van der Waals surface area (Å²) >= 11 is 0. The van der Waals surface area contributed by atoms with Gasteiger partial charge in [0.2, 0.25) is 0 Å². The average molecular weight is 421 g/mol. The number of benzene rings is 1. The first-order chi connectivity index (χ1) is 15.1. The van der Waals surface area contributed by atoms with E-state index in [0.29, 0.717) is 35.0 Å². The average Bonchev–Trinajstić information content (AvgIpc) is 3.42. The molecule has 7 nitrogen and oxygen atoms in total. The number of carbonyl (C=O) groups is 1. The predicted molar refractivity (Wildman–Crippen MR) is 118 cm³/mol. The van der Waals surface area contributed by atoms with Gasteiger partial charge in [-0.05, 0) is 43.7 Å². The standard InChI is InChI=1S/C24H28N4O3/c1-17-9-11-27(12-10-17)23(29)20-15-26(14-19-8-5-13-31-19)16-21-22(20)25-28(24(21)30)18-6-3-2-4-7-18/h2-4,6-7,15-17,19H,5,8-14H2,1H3. The van der Waals surface area contributed by atoms with Crippen LogP contribution in [0.25, 0.3) is 16.9 Å². The van der Waals surface area contributed by atoms with Crippen LogP contribution in [0.3, 0.4) is 0 Å². The molecule has 0 spiro atoms. The van der Waals surface area contributed by atoms with Crippen LogP contribution in [0.5, 0.6) is 0 Å². The first-order valence-electron chi connectivity index (χ1n) is 11.2. The molecular weight excluding hydrogens is 392 g/mol. The number of rotatable bonds is 4. The third kappa shape index (κ3) is 3.90. The second-order valence-electron chi connectivity index (χ2n) is 8.79. The van der Waals surface area contributed by atoms with Gasteiger partial charge in [-0.2, -0.15) is 9.78 Å². The fourth-order valence-corrected chi connectivity index (χ4v) is 4.57. The zero-order chi connectivity index (χ0) is 21.4. The summed E-state index contributed by atoms with van der Waals surface area (Å²) < 4.78 is 9.13. The van der Waals surface area contributed by atoms with Gasteiger partial charge in [0.05, 0.1) is 22.9 Å². The number of nitrogens with zero attached hydrogens (tertiary/aromatic N) is 4. The maximum Gasteiger partial charge on any atom is 0.282 e. The van der Waals surface area contributed by atoms with Crippen molar-refractivity contribution in [2.75, 3.05) is 19.7 Å². The monoisotopic (exact) mass is 420 g/mol. The van der Waals surface area contributed by atoms with Crippen LogP contribution in [0, 0.1) is 5.92 Å². The molecule has 1 unspecified atom stereocenters. The normalized spacial score (nSPS) is 19.9. The van der Waals surface area contributed by atoms with E-state index < -0.39 is 0 Å². The molecule has 1 atom stereocenters. The largest absolute Gasteiger partial charge is 0.376 e. The molecular formula is C24H28N4O3. The number of fused-ring (bicyclic) bond motifs is 1. The molecule has 162 valence electrons. The van der Waals surface area contributed by atoms with Crippen LogP contribution in [0.2, 0.25) is 0 Å². The number of pyridine rings is 1. The highest BCUT2D eigenvalue weighted by molar-refractivity contribution is 6.00. The first kappa shape index (κ1) is 20.0. The molecule has 1 amide bonds. The highest BCUT2D eigenvalue weighted by Crippen LogP contribution is 2.26. The molecule has 0 aromatic heterocycles. The molecule has 0 saturated carbocycles. The smallest absolute Gasteiger partial charge is 0.282 e. The molecule has 1 aromatic rings. The van der Waals surface area contributed by atoms with Crippen molar-refractivity contribution in [1.29, 1.82) is 0 Å². The summed E-state index contributed by atoms with van der Waals surface area (Å²) in [5, 5.41) is 4.60. The van der Waals surface area contributed by atoms with Crippen LogP contribution >= 0.6 is 0 Å². The minimum absolute atomic E-state index is 0.0451. The summed E-state index contributed by atoms with van der Waals surface area (Å²) in [6.07, 6.45) is 7.83. The maximum atomic E-state index is 13.5. The van der Waals surface area contributed by atoms with Gasteiger partial charge in [0.15, 0.2) is 0 Å². The van der Waals surface area contributed by atoms with Gasteiger partial charge >= 0.3 is 0 Å². The van der Waals surface area contributed by atoms with Gasteiger partial charge in [0, 0.05) is 38.6 Å². The Balaban J connectivity index is 1.59. The maximum absolute atomic E-state index is 13.5.